The molecule has 0 saturated heterocycles. The molecule has 0 aliphatic heterocycles. The minimum atomic E-state index is -0.635. The maximum atomic E-state index is 9.15. The first-order valence-corrected chi connectivity index (χ1v) is 6.93. The molecule has 1 aromatic carbocycles. The molecule has 0 saturated carbocycles. The molecule has 0 amide bonds. The number of hydrogen-bond acceptors (Lipinski definition) is 3. The number of rotatable bonds is 7. The number of ether oxygens (including phenoxy) is 1. The van der Waals surface area contributed by atoms with Crippen LogP contribution in [0.5, 0.6) is 5.75 Å². The van der Waals surface area contributed by atoms with Gasteiger partial charge in [-0.2, -0.15) is 5.26 Å². The number of likely N-dealkylation sites (N-methyl/N-ethyl adjacent to an activating group) is 1. The van der Waals surface area contributed by atoms with Gasteiger partial charge in [0.1, 0.15) is 17.9 Å². The highest BCUT2D eigenvalue weighted by Gasteiger charge is 2.23. The second-order valence-corrected chi connectivity index (χ2v) is 5.14. The minimum absolute atomic E-state index is 0.347. The summed E-state index contributed by atoms with van der Waals surface area (Å²) in [5, 5.41) is 12.3. The molecule has 2 unspecified atom stereocenters. The third-order valence-corrected chi connectivity index (χ3v) is 3.40. The van der Waals surface area contributed by atoms with Crippen LogP contribution >= 0.6 is 0 Å². The summed E-state index contributed by atoms with van der Waals surface area (Å²) in [6.45, 7) is 9.33. The molecule has 0 aromatic heterocycles. The molecular weight excluding hydrogens is 236 g/mol. The van der Waals surface area contributed by atoms with Crippen LogP contribution < -0.4 is 10.1 Å². The van der Waals surface area contributed by atoms with Gasteiger partial charge in [0.25, 0.3) is 0 Å². The van der Waals surface area contributed by atoms with Crippen molar-refractivity contribution in [2.45, 2.75) is 45.6 Å². The third-order valence-electron chi connectivity index (χ3n) is 3.40. The molecule has 0 aliphatic rings. The lowest BCUT2D eigenvalue weighted by Crippen LogP contribution is -2.46. The molecule has 1 N–H and O–H groups in total. The van der Waals surface area contributed by atoms with E-state index in [1.165, 1.54) is 5.56 Å². The van der Waals surface area contributed by atoms with Crippen molar-refractivity contribution >= 4 is 0 Å². The molecule has 3 heteroatoms. The van der Waals surface area contributed by atoms with E-state index in [9.17, 15) is 0 Å². The zero-order chi connectivity index (χ0) is 14.3. The van der Waals surface area contributed by atoms with Crippen LogP contribution in [0.3, 0.4) is 0 Å². The van der Waals surface area contributed by atoms with E-state index in [1.54, 1.807) is 0 Å². The monoisotopic (exact) mass is 260 g/mol. The highest BCUT2D eigenvalue weighted by molar-refractivity contribution is 5.29. The maximum Gasteiger partial charge on any atom is 0.138 e. The predicted molar refractivity (Wildman–Crippen MR) is 78.3 cm³/mol. The van der Waals surface area contributed by atoms with Crippen LogP contribution in [0, 0.1) is 11.3 Å². The van der Waals surface area contributed by atoms with E-state index in [0.29, 0.717) is 12.5 Å². The van der Waals surface area contributed by atoms with Crippen LogP contribution in [0.25, 0.3) is 0 Å². The first-order valence-electron chi connectivity index (χ1n) is 6.93. The average molecular weight is 260 g/mol. The lowest BCUT2D eigenvalue weighted by molar-refractivity contribution is 0.236. The van der Waals surface area contributed by atoms with E-state index in [-0.39, 0.29) is 0 Å². The fourth-order valence-corrected chi connectivity index (χ4v) is 1.87. The Morgan fingerprint density at radius 2 is 1.95 bits per heavy atom. The SMILES string of the molecule is CCNC(C)(C#N)COc1ccc(C(C)CC)cc1. The second kappa shape index (κ2) is 7.16. The largest absolute Gasteiger partial charge is 0.491 e. The Balaban J connectivity index is 2.61. The van der Waals surface area contributed by atoms with E-state index >= 15 is 0 Å². The van der Waals surface area contributed by atoms with Gasteiger partial charge in [-0.05, 0) is 43.5 Å². The van der Waals surface area contributed by atoms with Crippen molar-refractivity contribution in [3.63, 3.8) is 0 Å². The fourth-order valence-electron chi connectivity index (χ4n) is 1.87. The Morgan fingerprint density at radius 1 is 1.32 bits per heavy atom. The number of nitriles is 1. The molecule has 0 spiro atoms. The van der Waals surface area contributed by atoms with Crippen LogP contribution in [0.15, 0.2) is 24.3 Å². The van der Waals surface area contributed by atoms with Gasteiger partial charge in [-0.1, -0.05) is 32.9 Å². The van der Waals surface area contributed by atoms with Crippen LogP contribution in [-0.2, 0) is 0 Å². The Hall–Kier alpha value is -1.53. The van der Waals surface area contributed by atoms with Crippen molar-refractivity contribution in [1.82, 2.24) is 5.32 Å². The van der Waals surface area contributed by atoms with E-state index < -0.39 is 5.54 Å². The Bertz CT molecular complexity index is 421. The Kier molecular flexibility index (Phi) is 5.85. The maximum absolute atomic E-state index is 9.15. The van der Waals surface area contributed by atoms with E-state index in [1.807, 2.05) is 26.0 Å². The quantitative estimate of drug-likeness (QED) is 0.816. The molecule has 104 valence electrons. The zero-order valence-corrected chi connectivity index (χ0v) is 12.4. The van der Waals surface area contributed by atoms with E-state index in [0.717, 1.165) is 18.7 Å². The summed E-state index contributed by atoms with van der Waals surface area (Å²) in [5.74, 6) is 1.38. The summed E-state index contributed by atoms with van der Waals surface area (Å²) < 4.78 is 5.70. The normalized spacial score (nSPS) is 15.3. The standard InChI is InChI=1S/C16H24N2O/c1-5-13(3)14-7-9-15(10-8-14)19-12-16(4,11-17)18-6-2/h7-10,13,18H,5-6,12H2,1-4H3. The van der Waals surface area contributed by atoms with Crippen molar-refractivity contribution in [3.8, 4) is 11.8 Å². The highest BCUT2D eigenvalue weighted by Crippen LogP contribution is 2.21. The lowest BCUT2D eigenvalue weighted by Gasteiger charge is -2.22. The fraction of sp³-hybridized carbons (Fsp3) is 0.562. The molecule has 1 rings (SSSR count). The molecule has 0 fully saturated rings. The molecule has 0 bridgehead atoms. The first-order chi connectivity index (χ1) is 9.04. The van der Waals surface area contributed by atoms with Gasteiger partial charge in [0.2, 0.25) is 0 Å². The smallest absolute Gasteiger partial charge is 0.138 e. The van der Waals surface area contributed by atoms with Gasteiger partial charge in [-0.25, -0.2) is 0 Å². The number of hydrogen-bond donors (Lipinski definition) is 1. The Morgan fingerprint density at radius 3 is 2.42 bits per heavy atom. The van der Waals surface area contributed by atoms with Crippen molar-refractivity contribution in [2.75, 3.05) is 13.2 Å². The molecule has 19 heavy (non-hydrogen) atoms. The van der Waals surface area contributed by atoms with Gasteiger partial charge < -0.3 is 4.74 Å². The summed E-state index contributed by atoms with van der Waals surface area (Å²) >= 11 is 0. The van der Waals surface area contributed by atoms with Gasteiger partial charge in [0, 0.05) is 0 Å². The number of nitrogens with zero attached hydrogens (tertiary/aromatic N) is 1. The first kappa shape index (κ1) is 15.5. The summed E-state index contributed by atoms with van der Waals surface area (Å²) in [7, 11) is 0. The summed E-state index contributed by atoms with van der Waals surface area (Å²) in [6, 6.07) is 10.4. The number of nitrogens with one attached hydrogen (secondary N) is 1. The van der Waals surface area contributed by atoms with Gasteiger partial charge in [-0.3, -0.25) is 5.32 Å². The zero-order valence-electron chi connectivity index (χ0n) is 12.4. The van der Waals surface area contributed by atoms with Gasteiger partial charge in [0.15, 0.2) is 0 Å². The summed E-state index contributed by atoms with van der Waals surface area (Å²) in [6.07, 6.45) is 1.13. The number of benzene rings is 1. The summed E-state index contributed by atoms with van der Waals surface area (Å²) in [4.78, 5) is 0. The predicted octanol–water partition coefficient (Wildman–Crippen LogP) is 3.47. The topological polar surface area (TPSA) is 45.0 Å². The van der Waals surface area contributed by atoms with Crippen LogP contribution in [0.4, 0.5) is 0 Å². The van der Waals surface area contributed by atoms with Crippen LogP contribution in [0.1, 0.15) is 45.6 Å². The van der Waals surface area contributed by atoms with Crippen molar-refractivity contribution in [2.24, 2.45) is 0 Å². The molecule has 0 aliphatic carbocycles. The summed E-state index contributed by atoms with van der Waals surface area (Å²) in [5.41, 5.74) is 0.689. The second-order valence-electron chi connectivity index (χ2n) is 5.14. The third kappa shape index (κ3) is 4.57. The van der Waals surface area contributed by atoms with Crippen molar-refractivity contribution in [3.05, 3.63) is 29.8 Å². The van der Waals surface area contributed by atoms with Crippen LogP contribution in [0.2, 0.25) is 0 Å². The molecule has 3 nitrogen and oxygen atoms in total. The minimum Gasteiger partial charge on any atom is -0.491 e. The molecular formula is C16H24N2O. The molecule has 0 radical (unpaired) electrons. The molecule has 1 aromatic rings. The average Bonchev–Trinajstić information content (AvgIpc) is 2.45. The molecule has 2 atom stereocenters. The highest BCUT2D eigenvalue weighted by atomic mass is 16.5. The lowest BCUT2D eigenvalue weighted by atomic mass is 9.99. The van der Waals surface area contributed by atoms with Crippen LogP contribution in [-0.4, -0.2) is 18.7 Å². The van der Waals surface area contributed by atoms with E-state index in [4.69, 9.17) is 10.00 Å². The van der Waals surface area contributed by atoms with Gasteiger partial charge in [0.05, 0.1) is 6.07 Å². The van der Waals surface area contributed by atoms with Gasteiger partial charge in [-0.15, -0.1) is 0 Å². The Labute approximate surface area is 116 Å². The van der Waals surface area contributed by atoms with Gasteiger partial charge >= 0.3 is 0 Å². The van der Waals surface area contributed by atoms with Crippen molar-refractivity contribution in [1.29, 1.82) is 5.26 Å². The molecule has 0 heterocycles. The van der Waals surface area contributed by atoms with Crippen molar-refractivity contribution < 1.29 is 4.74 Å². The van der Waals surface area contributed by atoms with E-state index in [2.05, 4.69) is 37.4 Å².